The third-order valence-electron chi connectivity index (χ3n) is 1.64. The van der Waals surface area contributed by atoms with Gasteiger partial charge in [-0.05, 0) is 12.8 Å². The van der Waals surface area contributed by atoms with Crippen molar-refractivity contribution in [2.45, 2.75) is 31.8 Å². The van der Waals surface area contributed by atoms with Gasteiger partial charge in [-0.25, -0.2) is 0 Å². The zero-order chi connectivity index (χ0) is 5.11. The molecule has 1 fully saturated rings. The molecular weight excluding hydrogens is 127 g/mol. The molecule has 9 heavy (non-hydrogen) atoms. The van der Waals surface area contributed by atoms with Crippen LogP contribution in [-0.4, -0.2) is 18.7 Å². The summed E-state index contributed by atoms with van der Waals surface area (Å²) in [4.78, 5) is 0. The van der Waals surface area contributed by atoms with Gasteiger partial charge in [0.1, 0.15) is 0 Å². The zero-order valence-corrected chi connectivity index (χ0v) is 8.26. The molecule has 0 bridgehead atoms. The minimum Gasteiger partial charge on any atom is -0.870 e. The van der Waals surface area contributed by atoms with Gasteiger partial charge in [0.05, 0.1) is 6.10 Å². The molecule has 1 aliphatic carbocycles. The third kappa shape index (κ3) is 4.34. The molecule has 1 rings (SSSR count). The van der Waals surface area contributed by atoms with E-state index in [4.69, 9.17) is 4.74 Å². The molecule has 1 saturated carbocycles. The van der Waals surface area contributed by atoms with Gasteiger partial charge in [-0.3, -0.25) is 0 Å². The predicted octanol–water partition coefficient (Wildman–Crippen LogP) is -1.60. The molecule has 0 spiro atoms. The van der Waals surface area contributed by atoms with E-state index in [1.165, 1.54) is 25.7 Å². The summed E-state index contributed by atoms with van der Waals surface area (Å²) in [6.45, 7) is 0. The van der Waals surface area contributed by atoms with Crippen LogP contribution in [0.4, 0.5) is 0 Å². The third-order valence-corrected chi connectivity index (χ3v) is 1.64. The van der Waals surface area contributed by atoms with Crippen LogP contribution in [0.25, 0.3) is 0 Å². The maximum Gasteiger partial charge on any atom is 1.00 e. The van der Waals surface area contributed by atoms with E-state index in [0.717, 1.165) is 0 Å². The fourth-order valence-corrected chi connectivity index (χ4v) is 1.12. The van der Waals surface area contributed by atoms with Crippen molar-refractivity contribution in [3.8, 4) is 0 Å². The van der Waals surface area contributed by atoms with Gasteiger partial charge in [-0.2, -0.15) is 0 Å². The Labute approximate surface area is 78.6 Å². The molecule has 3 heteroatoms. The first-order valence-corrected chi connectivity index (χ1v) is 2.96. The van der Waals surface area contributed by atoms with Crippen molar-refractivity contribution in [1.82, 2.24) is 0 Å². The molecule has 50 valence electrons. The Hall–Kier alpha value is 0.920. The van der Waals surface area contributed by atoms with E-state index in [1.807, 2.05) is 0 Å². The summed E-state index contributed by atoms with van der Waals surface area (Å²) in [5.41, 5.74) is 0. The monoisotopic (exact) mass is 140 g/mol. The van der Waals surface area contributed by atoms with E-state index in [9.17, 15) is 0 Å². The van der Waals surface area contributed by atoms with Gasteiger partial charge in [0.25, 0.3) is 0 Å². The molecule has 0 aliphatic heterocycles. The summed E-state index contributed by atoms with van der Waals surface area (Å²) in [5.74, 6) is 0. The van der Waals surface area contributed by atoms with Gasteiger partial charge < -0.3 is 10.2 Å². The summed E-state index contributed by atoms with van der Waals surface area (Å²) >= 11 is 0. The first-order valence-electron chi connectivity index (χ1n) is 2.96. The van der Waals surface area contributed by atoms with E-state index >= 15 is 0 Å². The molecule has 0 aromatic carbocycles. The summed E-state index contributed by atoms with van der Waals surface area (Å²) in [6, 6.07) is 0. The molecule has 1 aliphatic rings. The molecular formula is C6H13NaO2. The van der Waals surface area contributed by atoms with Crippen molar-refractivity contribution >= 4 is 0 Å². The minimum atomic E-state index is 0. The Morgan fingerprint density at radius 2 is 1.67 bits per heavy atom. The Balaban J connectivity index is 0. The van der Waals surface area contributed by atoms with Crippen LogP contribution in [0.15, 0.2) is 0 Å². The average Bonchev–Trinajstić information content (AvgIpc) is 2.14. The van der Waals surface area contributed by atoms with Gasteiger partial charge in [0, 0.05) is 7.11 Å². The first kappa shape index (κ1) is 12.6. The second-order valence-corrected chi connectivity index (χ2v) is 2.14. The van der Waals surface area contributed by atoms with Crippen molar-refractivity contribution in [3.05, 3.63) is 0 Å². The normalized spacial score (nSPS) is 18.3. The van der Waals surface area contributed by atoms with Crippen LogP contribution in [0.5, 0.6) is 0 Å². The standard InChI is InChI=1S/C6H12O.Na.H2O/c1-7-6-4-2-3-5-6;;/h6H,2-5H2,1H3;;1H2/q;+1;/p-1. The van der Waals surface area contributed by atoms with E-state index in [-0.39, 0.29) is 35.0 Å². The fourth-order valence-electron chi connectivity index (χ4n) is 1.12. The van der Waals surface area contributed by atoms with Crippen molar-refractivity contribution in [1.29, 1.82) is 0 Å². The smallest absolute Gasteiger partial charge is 0.870 e. The molecule has 0 radical (unpaired) electrons. The SMILES string of the molecule is COC1CCCC1.[Na+].[OH-]. The second-order valence-electron chi connectivity index (χ2n) is 2.14. The molecule has 0 amide bonds. The van der Waals surface area contributed by atoms with Crippen LogP contribution in [0, 0.1) is 0 Å². The van der Waals surface area contributed by atoms with Gasteiger partial charge >= 0.3 is 29.6 Å². The van der Waals surface area contributed by atoms with Crippen LogP contribution < -0.4 is 29.6 Å². The maximum atomic E-state index is 5.11. The van der Waals surface area contributed by atoms with E-state index < -0.39 is 0 Å². The molecule has 0 aromatic rings. The Bertz CT molecular complexity index is 53.0. The van der Waals surface area contributed by atoms with Crippen LogP contribution in [0.2, 0.25) is 0 Å². The largest absolute Gasteiger partial charge is 1.00 e. The molecule has 1 N–H and O–H groups in total. The van der Waals surface area contributed by atoms with Crippen LogP contribution in [-0.2, 0) is 4.74 Å². The van der Waals surface area contributed by atoms with Gasteiger partial charge in [0.15, 0.2) is 0 Å². The van der Waals surface area contributed by atoms with Gasteiger partial charge in [-0.1, -0.05) is 12.8 Å². The summed E-state index contributed by atoms with van der Waals surface area (Å²) < 4.78 is 5.11. The van der Waals surface area contributed by atoms with Crippen molar-refractivity contribution in [2.24, 2.45) is 0 Å². The molecule has 0 aromatic heterocycles. The predicted molar refractivity (Wildman–Crippen MR) is 31.2 cm³/mol. The fraction of sp³-hybridized carbons (Fsp3) is 1.00. The molecule has 0 unspecified atom stereocenters. The topological polar surface area (TPSA) is 39.2 Å². The molecule has 0 atom stereocenters. The van der Waals surface area contributed by atoms with Crippen molar-refractivity contribution < 1.29 is 39.8 Å². The number of methoxy groups -OCH3 is 1. The number of hydrogen-bond donors (Lipinski definition) is 0. The van der Waals surface area contributed by atoms with Crippen LogP contribution in [0.3, 0.4) is 0 Å². The molecule has 2 nitrogen and oxygen atoms in total. The quantitative estimate of drug-likeness (QED) is 0.412. The summed E-state index contributed by atoms with van der Waals surface area (Å²) in [7, 11) is 1.80. The average molecular weight is 140 g/mol. The number of ether oxygens (including phenoxy) is 1. The Morgan fingerprint density at radius 3 is 1.89 bits per heavy atom. The van der Waals surface area contributed by atoms with E-state index in [2.05, 4.69) is 0 Å². The Morgan fingerprint density at radius 1 is 1.22 bits per heavy atom. The minimum absolute atomic E-state index is 0. The van der Waals surface area contributed by atoms with Crippen LogP contribution >= 0.6 is 0 Å². The number of rotatable bonds is 1. The summed E-state index contributed by atoms with van der Waals surface area (Å²) in [5, 5.41) is 0. The van der Waals surface area contributed by atoms with E-state index in [1.54, 1.807) is 7.11 Å². The summed E-state index contributed by atoms with van der Waals surface area (Å²) in [6.07, 6.45) is 5.92. The Kier molecular flexibility index (Phi) is 9.83. The molecule has 0 heterocycles. The zero-order valence-electron chi connectivity index (χ0n) is 6.26. The van der Waals surface area contributed by atoms with Crippen molar-refractivity contribution in [2.75, 3.05) is 7.11 Å². The number of hydrogen-bond acceptors (Lipinski definition) is 2. The van der Waals surface area contributed by atoms with E-state index in [0.29, 0.717) is 6.10 Å². The van der Waals surface area contributed by atoms with Gasteiger partial charge in [0.2, 0.25) is 0 Å². The van der Waals surface area contributed by atoms with Gasteiger partial charge in [-0.15, -0.1) is 0 Å². The van der Waals surface area contributed by atoms with Crippen LogP contribution in [0.1, 0.15) is 25.7 Å². The second kappa shape index (κ2) is 7.03. The molecule has 0 saturated heterocycles. The first-order chi connectivity index (χ1) is 3.43. The maximum absolute atomic E-state index is 5.11. The van der Waals surface area contributed by atoms with Crippen molar-refractivity contribution in [3.63, 3.8) is 0 Å².